The molecule has 5 nitrogen and oxygen atoms in total. The van der Waals surface area contributed by atoms with Crippen molar-refractivity contribution in [1.29, 1.82) is 0 Å². The summed E-state index contributed by atoms with van der Waals surface area (Å²) in [6.45, 7) is 8.43. The molecule has 2 saturated heterocycles. The number of ketones is 1. The fourth-order valence-corrected chi connectivity index (χ4v) is 7.98. The Labute approximate surface area is 280 Å². The van der Waals surface area contributed by atoms with Gasteiger partial charge in [-0.05, 0) is 106 Å². The van der Waals surface area contributed by atoms with Crippen LogP contribution in [0, 0.1) is 0 Å². The third-order valence-electron chi connectivity index (χ3n) is 10.5. The number of Topliss-reactive ketones (excluding diaryl/α,β-unsaturated/α-hetero) is 1. The molecule has 2 aromatic rings. The summed E-state index contributed by atoms with van der Waals surface area (Å²) in [4.78, 5) is 18.7. The normalized spacial score (nSPS) is 24.1. The van der Waals surface area contributed by atoms with Gasteiger partial charge in [-0.15, -0.1) is 0 Å². The average molecular weight is 682 g/mol. The van der Waals surface area contributed by atoms with Crippen molar-refractivity contribution in [1.82, 2.24) is 15.1 Å². The van der Waals surface area contributed by atoms with E-state index in [9.17, 15) is 31.1 Å². The van der Waals surface area contributed by atoms with Crippen molar-refractivity contribution in [2.75, 3.05) is 39.3 Å². The average Bonchev–Trinajstić information content (AvgIpc) is 3.27. The lowest BCUT2D eigenvalue weighted by atomic mass is 9.69. The van der Waals surface area contributed by atoms with Crippen LogP contribution in [0.3, 0.4) is 0 Å². The molecule has 2 heterocycles. The minimum Gasteiger partial charge on any atom is -0.491 e. The Morgan fingerprint density at radius 3 is 2.29 bits per heavy atom. The Morgan fingerprint density at radius 2 is 1.62 bits per heavy atom. The predicted molar refractivity (Wildman–Crippen MR) is 174 cm³/mol. The van der Waals surface area contributed by atoms with Crippen LogP contribution in [0.4, 0.5) is 26.3 Å². The molecule has 266 valence electrons. The lowest BCUT2D eigenvalue weighted by Crippen LogP contribution is -2.51. The van der Waals surface area contributed by atoms with E-state index < -0.39 is 34.9 Å². The highest BCUT2D eigenvalue weighted by Gasteiger charge is 2.46. The topological polar surface area (TPSA) is 44.8 Å². The Balaban J connectivity index is 1.40. The number of carbonyl (C=O) groups excluding carboxylic acids is 1. The lowest BCUT2D eigenvalue weighted by Gasteiger charge is -2.42. The summed E-state index contributed by atoms with van der Waals surface area (Å²) in [5.41, 5.74) is -3.29. The minimum absolute atomic E-state index is 0.0411. The van der Waals surface area contributed by atoms with Gasteiger partial charge in [-0.1, -0.05) is 37.5 Å². The van der Waals surface area contributed by atoms with Crippen LogP contribution in [0.2, 0.25) is 0 Å². The van der Waals surface area contributed by atoms with Gasteiger partial charge in [0.05, 0.1) is 23.3 Å². The number of halogens is 6. The molecular weight excluding hydrogens is 632 g/mol. The van der Waals surface area contributed by atoms with Crippen LogP contribution in [0.15, 0.2) is 42.5 Å². The van der Waals surface area contributed by atoms with Crippen LogP contribution >= 0.6 is 0 Å². The molecule has 1 N–H and O–H groups in total. The molecule has 2 aliphatic heterocycles. The highest BCUT2D eigenvalue weighted by molar-refractivity contribution is 5.86. The SMILES string of the molecule is CC(C)Oc1cccc(CC(=O)C2CC(CCN3CCN(C4CCCCC4)CC3)(c3ccc(C(F)(F)F)c(C(F)(F)F)c3)CCCN2)c1. The first kappa shape index (κ1) is 36.6. The summed E-state index contributed by atoms with van der Waals surface area (Å²) < 4.78 is 89.6. The van der Waals surface area contributed by atoms with Crippen molar-refractivity contribution in [3.63, 3.8) is 0 Å². The van der Waals surface area contributed by atoms with Crippen LogP contribution in [0.1, 0.15) is 93.9 Å². The molecule has 48 heavy (non-hydrogen) atoms. The van der Waals surface area contributed by atoms with E-state index in [0.717, 1.165) is 31.7 Å². The molecule has 1 saturated carbocycles. The molecule has 3 fully saturated rings. The summed E-state index contributed by atoms with van der Waals surface area (Å²) in [6, 6.07) is 9.76. The number of carbonyl (C=O) groups is 1. The van der Waals surface area contributed by atoms with Crippen molar-refractivity contribution < 1.29 is 35.9 Å². The first-order valence-corrected chi connectivity index (χ1v) is 17.5. The van der Waals surface area contributed by atoms with Gasteiger partial charge in [0, 0.05) is 38.6 Å². The maximum absolute atomic E-state index is 14.2. The molecule has 2 aromatic carbocycles. The van der Waals surface area contributed by atoms with Crippen LogP contribution in [0.25, 0.3) is 0 Å². The van der Waals surface area contributed by atoms with Gasteiger partial charge in [-0.3, -0.25) is 9.69 Å². The standard InChI is InChI=1S/C37H49F6N3O2/c1-26(2)48-30-11-6-8-27(22-30)23-34(47)33-25-35(14-7-16-44-33,28-12-13-31(36(38,39)40)32(24-28)37(41,42)43)15-17-45-18-20-46(21-19-45)29-9-4-3-5-10-29/h6,8,11-13,22,24,26,29,33,44H,3-5,7,9-10,14-21,23,25H2,1-2H3. The number of nitrogens with zero attached hydrogens (tertiary/aromatic N) is 2. The summed E-state index contributed by atoms with van der Waals surface area (Å²) in [7, 11) is 0. The number of hydrogen-bond acceptors (Lipinski definition) is 5. The molecule has 5 rings (SSSR count). The van der Waals surface area contributed by atoms with Crippen molar-refractivity contribution in [3.8, 4) is 5.75 Å². The van der Waals surface area contributed by atoms with E-state index in [1.807, 2.05) is 38.1 Å². The molecule has 1 aliphatic carbocycles. The second-order valence-corrected chi connectivity index (χ2v) is 14.2. The number of alkyl halides is 6. The van der Waals surface area contributed by atoms with Gasteiger partial charge in [0.15, 0.2) is 5.78 Å². The molecular formula is C37H49F6N3O2. The van der Waals surface area contributed by atoms with E-state index in [2.05, 4.69) is 15.1 Å². The van der Waals surface area contributed by atoms with Crippen LogP contribution in [-0.4, -0.2) is 73.0 Å². The van der Waals surface area contributed by atoms with Crippen molar-refractivity contribution in [2.45, 2.75) is 114 Å². The third-order valence-corrected chi connectivity index (χ3v) is 10.5. The molecule has 0 spiro atoms. The van der Waals surface area contributed by atoms with Crippen LogP contribution in [-0.2, 0) is 29.0 Å². The number of nitrogens with one attached hydrogen (secondary N) is 1. The number of piperazine rings is 1. The van der Waals surface area contributed by atoms with Crippen molar-refractivity contribution in [3.05, 3.63) is 64.7 Å². The second kappa shape index (κ2) is 15.5. The lowest BCUT2D eigenvalue weighted by molar-refractivity contribution is -0.162. The number of hydrogen-bond donors (Lipinski definition) is 1. The molecule has 0 radical (unpaired) electrons. The Hall–Kier alpha value is -2.63. The molecule has 3 aliphatic rings. The fourth-order valence-electron chi connectivity index (χ4n) is 7.98. The van der Waals surface area contributed by atoms with Crippen LogP contribution < -0.4 is 10.1 Å². The quantitative estimate of drug-likeness (QED) is 0.257. The zero-order valence-corrected chi connectivity index (χ0v) is 28.1. The monoisotopic (exact) mass is 681 g/mol. The number of benzene rings is 2. The first-order chi connectivity index (χ1) is 22.7. The summed E-state index contributed by atoms with van der Waals surface area (Å²) >= 11 is 0. The van der Waals surface area contributed by atoms with Gasteiger partial charge < -0.3 is 15.0 Å². The minimum atomic E-state index is -5.18. The zero-order chi connectivity index (χ0) is 34.5. The third kappa shape index (κ3) is 9.33. The smallest absolute Gasteiger partial charge is 0.417 e. The van der Waals surface area contributed by atoms with E-state index in [1.165, 1.54) is 38.2 Å². The number of rotatable bonds is 10. The Morgan fingerprint density at radius 1 is 0.917 bits per heavy atom. The van der Waals surface area contributed by atoms with Gasteiger partial charge in [0.25, 0.3) is 0 Å². The van der Waals surface area contributed by atoms with E-state index >= 15 is 0 Å². The summed E-state index contributed by atoms with van der Waals surface area (Å²) in [5, 5.41) is 3.33. The maximum Gasteiger partial charge on any atom is 0.417 e. The van der Waals surface area contributed by atoms with Crippen molar-refractivity contribution >= 4 is 5.78 Å². The summed E-state index contributed by atoms with van der Waals surface area (Å²) in [5.74, 6) is 0.540. The molecule has 2 unspecified atom stereocenters. The Kier molecular flexibility index (Phi) is 11.8. The molecule has 0 bridgehead atoms. The molecule has 0 amide bonds. The van der Waals surface area contributed by atoms with Gasteiger partial charge in [0.2, 0.25) is 0 Å². The number of ether oxygens (including phenoxy) is 1. The predicted octanol–water partition coefficient (Wildman–Crippen LogP) is 8.04. The van der Waals surface area contributed by atoms with E-state index in [1.54, 1.807) is 0 Å². The van der Waals surface area contributed by atoms with Crippen LogP contribution in [0.5, 0.6) is 5.75 Å². The van der Waals surface area contributed by atoms with Gasteiger partial charge in [0.1, 0.15) is 5.75 Å². The zero-order valence-electron chi connectivity index (χ0n) is 28.1. The van der Waals surface area contributed by atoms with Gasteiger partial charge in [-0.25, -0.2) is 0 Å². The van der Waals surface area contributed by atoms with Crippen molar-refractivity contribution in [2.24, 2.45) is 0 Å². The van der Waals surface area contributed by atoms with Gasteiger partial charge >= 0.3 is 12.4 Å². The maximum atomic E-state index is 14.2. The van der Waals surface area contributed by atoms with E-state index in [-0.39, 0.29) is 30.3 Å². The highest BCUT2D eigenvalue weighted by Crippen LogP contribution is 2.46. The fraction of sp³-hybridized carbons (Fsp3) is 0.649. The first-order valence-electron chi connectivity index (χ1n) is 17.5. The largest absolute Gasteiger partial charge is 0.491 e. The summed E-state index contributed by atoms with van der Waals surface area (Å²) in [6.07, 6.45) is -2.33. The highest BCUT2D eigenvalue weighted by atomic mass is 19.4. The Bertz CT molecular complexity index is 1370. The molecule has 11 heteroatoms. The van der Waals surface area contributed by atoms with Gasteiger partial charge in [-0.2, -0.15) is 26.3 Å². The van der Waals surface area contributed by atoms with E-state index in [0.29, 0.717) is 56.3 Å². The molecule has 0 aromatic heterocycles. The van der Waals surface area contributed by atoms with E-state index in [4.69, 9.17) is 4.74 Å². The second-order valence-electron chi connectivity index (χ2n) is 14.2. The molecule has 2 atom stereocenters.